The lowest BCUT2D eigenvalue weighted by atomic mass is 9.66. The molecule has 3 atom stereocenters. The lowest BCUT2D eigenvalue weighted by molar-refractivity contribution is 0.242. The molecule has 1 N–H and O–H groups in total. The van der Waals surface area contributed by atoms with E-state index in [2.05, 4.69) is 39.2 Å². The highest BCUT2D eigenvalue weighted by Crippen LogP contribution is 2.69. The van der Waals surface area contributed by atoms with E-state index in [-0.39, 0.29) is 22.6 Å². The molecule has 2 aliphatic carbocycles. The van der Waals surface area contributed by atoms with Gasteiger partial charge in [-0.15, -0.1) is 5.10 Å². The van der Waals surface area contributed by atoms with E-state index in [0.29, 0.717) is 23.7 Å². The quantitative estimate of drug-likeness (QED) is 0.607. The number of benzene rings is 1. The highest BCUT2D eigenvalue weighted by atomic mass is 19.1. The zero-order valence-electron chi connectivity index (χ0n) is 19.6. The first kappa shape index (κ1) is 22.0. The summed E-state index contributed by atoms with van der Waals surface area (Å²) in [5, 5.41) is 27.0. The van der Waals surface area contributed by atoms with Crippen molar-refractivity contribution in [1.29, 1.82) is 0 Å². The minimum Gasteiger partial charge on any atom is -0.387 e. The zero-order valence-corrected chi connectivity index (χ0v) is 19.6. The molecule has 3 aliphatic rings. The number of fused-ring (bicyclic) bond motifs is 5. The average molecular weight is 475 g/mol. The molecule has 2 bridgehead atoms. The van der Waals surface area contributed by atoms with Crippen LogP contribution in [0.25, 0.3) is 11.3 Å². The van der Waals surface area contributed by atoms with E-state index in [1.165, 1.54) is 18.2 Å². The second-order valence-electron chi connectivity index (χ2n) is 10.1. The molecule has 3 aromatic rings. The molecule has 0 radical (unpaired) electrons. The van der Waals surface area contributed by atoms with Gasteiger partial charge in [0.15, 0.2) is 5.82 Å². The van der Waals surface area contributed by atoms with Crippen molar-refractivity contribution in [2.75, 3.05) is 0 Å². The van der Waals surface area contributed by atoms with E-state index < -0.39 is 23.2 Å². The van der Waals surface area contributed by atoms with E-state index in [9.17, 15) is 13.9 Å². The number of hydrogen-bond donors (Lipinski definition) is 1. The topological polar surface area (TPSA) is 96.5 Å². The Bertz CT molecular complexity index is 1410. The summed E-state index contributed by atoms with van der Waals surface area (Å²) in [6.07, 6.45) is 3.16. The monoisotopic (exact) mass is 474 g/mol. The lowest BCUT2D eigenvalue weighted by Crippen LogP contribution is -2.38. The summed E-state index contributed by atoms with van der Waals surface area (Å²) in [6, 6.07) is 7.49. The first-order valence-electron chi connectivity index (χ1n) is 11.7. The van der Waals surface area contributed by atoms with Gasteiger partial charge in [-0.3, -0.25) is 0 Å². The highest BCUT2D eigenvalue weighted by molar-refractivity contribution is 6.14. The van der Waals surface area contributed by atoms with Crippen LogP contribution in [-0.2, 0) is 5.41 Å². The second-order valence-corrected chi connectivity index (χ2v) is 10.1. The fourth-order valence-corrected chi connectivity index (χ4v) is 6.21. The zero-order chi connectivity index (χ0) is 24.5. The van der Waals surface area contributed by atoms with E-state index >= 15 is 0 Å². The van der Waals surface area contributed by atoms with Crippen LogP contribution >= 0.6 is 0 Å². The van der Waals surface area contributed by atoms with Gasteiger partial charge in [0, 0.05) is 12.6 Å². The van der Waals surface area contributed by atoms with E-state index in [4.69, 9.17) is 4.98 Å². The van der Waals surface area contributed by atoms with Gasteiger partial charge >= 0.3 is 0 Å². The Kier molecular flexibility index (Phi) is 4.73. The maximum atomic E-state index is 14.5. The summed E-state index contributed by atoms with van der Waals surface area (Å²) >= 11 is 0. The molecular weight excluding hydrogens is 450 g/mol. The van der Waals surface area contributed by atoms with Gasteiger partial charge in [-0.2, -0.15) is 15.3 Å². The SMILES string of the molecule is C[C@H](O)C1=NN=C(c2nccc([C@@]34CC[C@@H](c5cc(-c6c(F)cccc6F)nnc53)C4(C)C)n2)C1. The Hall–Kier alpha value is -3.46. The molecule has 0 unspecified atom stereocenters. The van der Waals surface area contributed by atoms with Crippen molar-refractivity contribution in [2.24, 2.45) is 15.6 Å². The van der Waals surface area contributed by atoms with Gasteiger partial charge in [0.25, 0.3) is 0 Å². The first-order valence-corrected chi connectivity index (χ1v) is 11.7. The van der Waals surface area contributed by atoms with Gasteiger partial charge in [-0.05, 0) is 60.9 Å². The van der Waals surface area contributed by atoms with Crippen LogP contribution in [-0.4, -0.2) is 42.8 Å². The Morgan fingerprint density at radius 3 is 2.57 bits per heavy atom. The van der Waals surface area contributed by atoms with Crippen LogP contribution in [0.5, 0.6) is 0 Å². The normalized spacial score (nSPS) is 24.8. The van der Waals surface area contributed by atoms with Gasteiger partial charge in [0.1, 0.15) is 17.3 Å². The van der Waals surface area contributed by atoms with Gasteiger partial charge in [0.2, 0.25) is 0 Å². The summed E-state index contributed by atoms with van der Waals surface area (Å²) in [4.78, 5) is 9.35. The molecule has 0 amide bonds. The van der Waals surface area contributed by atoms with Crippen LogP contribution in [0, 0.1) is 17.0 Å². The fourth-order valence-electron chi connectivity index (χ4n) is 6.21. The smallest absolute Gasteiger partial charge is 0.176 e. The maximum absolute atomic E-state index is 14.5. The molecule has 7 nitrogen and oxygen atoms in total. The van der Waals surface area contributed by atoms with E-state index in [0.717, 1.165) is 29.8 Å². The van der Waals surface area contributed by atoms with Crippen LogP contribution < -0.4 is 0 Å². The molecule has 1 aliphatic heterocycles. The second kappa shape index (κ2) is 7.52. The predicted molar refractivity (Wildman–Crippen MR) is 126 cm³/mol. The minimum absolute atomic E-state index is 0.147. The van der Waals surface area contributed by atoms with Gasteiger partial charge in [-0.1, -0.05) is 19.9 Å². The molecule has 9 heteroatoms. The number of aliphatic hydroxyl groups is 1. The molecule has 35 heavy (non-hydrogen) atoms. The van der Waals surface area contributed by atoms with E-state index in [1.54, 1.807) is 19.2 Å². The molecule has 6 rings (SSSR count). The van der Waals surface area contributed by atoms with Gasteiger partial charge in [0.05, 0.1) is 39.9 Å². The van der Waals surface area contributed by atoms with Crippen LogP contribution in [0.2, 0.25) is 0 Å². The summed E-state index contributed by atoms with van der Waals surface area (Å²) in [7, 11) is 0. The summed E-state index contributed by atoms with van der Waals surface area (Å²) in [5.74, 6) is -0.697. The average Bonchev–Trinajstić information content (AvgIpc) is 3.48. The van der Waals surface area contributed by atoms with Crippen LogP contribution in [0.3, 0.4) is 0 Å². The van der Waals surface area contributed by atoms with Gasteiger partial charge in [-0.25, -0.2) is 18.7 Å². The number of halogens is 2. The van der Waals surface area contributed by atoms with Crippen molar-refractivity contribution in [1.82, 2.24) is 20.2 Å². The molecule has 2 aromatic heterocycles. The van der Waals surface area contributed by atoms with Crippen molar-refractivity contribution < 1.29 is 13.9 Å². The lowest BCUT2D eigenvalue weighted by Gasteiger charge is -2.37. The van der Waals surface area contributed by atoms with Crippen LogP contribution in [0.15, 0.2) is 46.7 Å². The van der Waals surface area contributed by atoms with Crippen molar-refractivity contribution >= 4 is 11.4 Å². The van der Waals surface area contributed by atoms with Gasteiger partial charge < -0.3 is 5.11 Å². The predicted octanol–water partition coefficient (Wildman–Crippen LogP) is 4.34. The van der Waals surface area contributed by atoms with Crippen molar-refractivity contribution in [3.8, 4) is 11.3 Å². The number of aromatic nitrogens is 4. The van der Waals surface area contributed by atoms with E-state index in [1.807, 2.05) is 6.07 Å². The number of hydrogen-bond acceptors (Lipinski definition) is 7. The van der Waals surface area contributed by atoms with Crippen molar-refractivity contribution in [2.45, 2.75) is 57.5 Å². The first-order chi connectivity index (χ1) is 16.7. The van der Waals surface area contributed by atoms with Crippen LogP contribution in [0.4, 0.5) is 8.78 Å². The standard InChI is InChI=1S/C26H24F2N6O/c1-13(35)18-12-20(33-31-18)24-29-10-8-21(30-24)26-9-7-15(25(26,2)3)14-11-19(32-34-23(14)26)22-16(27)5-4-6-17(22)28/h4-6,8,10-11,13,15,35H,7,9,12H2,1-3H3/t13-,15-,26-/m0/s1. The molecule has 1 saturated carbocycles. The Labute approximate surface area is 201 Å². The summed E-state index contributed by atoms with van der Waals surface area (Å²) in [5.41, 5.74) is 3.06. The number of aliphatic hydroxyl groups excluding tert-OH is 1. The molecule has 0 saturated heterocycles. The third-order valence-corrected chi connectivity index (χ3v) is 8.08. The number of nitrogens with zero attached hydrogens (tertiary/aromatic N) is 6. The highest BCUT2D eigenvalue weighted by Gasteiger charge is 2.65. The molecular formula is C26H24F2N6O. The third kappa shape index (κ3) is 2.97. The fraction of sp³-hybridized carbons (Fsp3) is 0.385. The number of rotatable bonds is 4. The van der Waals surface area contributed by atoms with Crippen molar-refractivity contribution in [3.05, 3.63) is 70.9 Å². The Morgan fingerprint density at radius 1 is 1.09 bits per heavy atom. The summed E-state index contributed by atoms with van der Waals surface area (Å²) < 4.78 is 29.0. The largest absolute Gasteiger partial charge is 0.387 e. The molecule has 178 valence electrons. The third-order valence-electron chi connectivity index (χ3n) is 8.08. The Balaban J connectivity index is 1.45. The molecule has 1 fully saturated rings. The Morgan fingerprint density at radius 2 is 1.86 bits per heavy atom. The minimum atomic E-state index is -0.682. The maximum Gasteiger partial charge on any atom is 0.176 e. The molecule has 0 spiro atoms. The van der Waals surface area contributed by atoms with Crippen molar-refractivity contribution in [3.63, 3.8) is 0 Å². The molecule has 1 aromatic carbocycles. The summed E-state index contributed by atoms with van der Waals surface area (Å²) in [6.45, 7) is 6.04. The molecule has 3 heterocycles. The van der Waals surface area contributed by atoms with Crippen LogP contribution in [0.1, 0.15) is 68.7 Å².